The summed E-state index contributed by atoms with van der Waals surface area (Å²) in [6.07, 6.45) is 0.856. The molecule has 0 unspecified atom stereocenters. The van der Waals surface area contributed by atoms with Crippen LogP contribution >= 0.6 is 0 Å². The highest BCUT2D eigenvalue weighted by Crippen LogP contribution is 2.32. The molecule has 0 radical (unpaired) electrons. The van der Waals surface area contributed by atoms with Crippen molar-refractivity contribution in [2.45, 2.75) is 19.4 Å². The fourth-order valence-electron chi connectivity index (χ4n) is 2.78. The first-order valence-corrected chi connectivity index (χ1v) is 6.95. The zero-order chi connectivity index (χ0) is 15.0. The molecule has 110 valence electrons. The molecule has 1 aromatic carbocycles. The summed E-state index contributed by atoms with van der Waals surface area (Å²) < 4.78 is 13.1. The summed E-state index contributed by atoms with van der Waals surface area (Å²) in [7, 11) is 0. The second-order valence-electron chi connectivity index (χ2n) is 5.20. The van der Waals surface area contributed by atoms with Gasteiger partial charge in [-0.15, -0.1) is 0 Å². The molecule has 2 heterocycles. The van der Waals surface area contributed by atoms with Gasteiger partial charge in [-0.2, -0.15) is 0 Å². The average molecular weight is 289 g/mol. The lowest BCUT2D eigenvalue weighted by molar-refractivity contribution is -0.125. The van der Waals surface area contributed by atoms with Gasteiger partial charge >= 0.3 is 6.03 Å². The van der Waals surface area contributed by atoms with Crippen LogP contribution in [0.25, 0.3) is 0 Å². The van der Waals surface area contributed by atoms with E-state index in [1.807, 2.05) is 6.92 Å². The third-order valence-corrected chi connectivity index (χ3v) is 3.72. The van der Waals surface area contributed by atoms with Crippen LogP contribution in [0.1, 0.15) is 24.9 Å². The first-order chi connectivity index (χ1) is 10.1. The number of carbonyl (C=O) groups excluding carboxylic acids is 2. The van der Waals surface area contributed by atoms with Crippen molar-refractivity contribution in [2.75, 3.05) is 13.1 Å². The normalized spacial score (nSPS) is 21.2. The Balaban J connectivity index is 1.96. The third-order valence-electron chi connectivity index (χ3n) is 3.72. The Kier molecular flexibility index (Phi) is 3.37. The standard InChI is InChI=1S/C15H16FN3O2/c1-2-7-19-8-11-12(14(19)20)13(18-15(21)17-11)9-3-5-10(16)6-4-9/h3-6,13H,2,7-8H2,1H3,(H2,17,18,21)/t13-/m0/s1. The lowest BCUT2D eigenvalue weighted by Gasteiger charge is -2.25. The van der Waals surface area contributed by atoms with Gasteiger partial charge in [-0.05, 0) is 24.1 Å². The van der Waals surface area contributed by atoms with Crippen LogP contribution in [0.15, 0.2) is 35.5 Å². The van der Waals surface area contributed by atoms with Crippen LogP contribution in [0, 0.1) is 5.82 Å². The van der Waals surface area contributed by atoms with E-state index in [4.69, 9.17) is 0 Å². The lowest BCUT2D eigenvalue weighted by atomic mass is 9.96. The van der Waals surface area contributed by atoms with Crippen molar-refractivity contribution in [1.29, 1.82) is 0 Å². The Morgan fingerprint density at radius 2 is 2.00 bits per heavy atom. The van der Waals surface area contributed by atoms with Gasteiger partial charge < -0.3 is 15.5 Å². The highest BCUT2D eigenvalue weighted by Gasteiger charge is 2.39. The maximum atomic E-state index is 13.1. The van der Waals surface area contributed by atoms with Crippen LogP contribution in [-0.4, -0.2) is 29.9 Å². The van der Waals surface area contributed by atoms with Crippen LogP contribution in [0.3, 0.4) is 0 Å². The van der Waals surface area contributed by atoms with E-state index in [0.29, 0.717) is 29.9 Å². The van der Waals surface area contributed by atoms with Gasteiger partial charge in [0, 0.05) is 6.54 Å². The molecule has 0 aromatic heterocycles. The quantitative estimate of drug-likeness (QED) is 0.889. The summed E-state index contributed by atoms with van der Waals surface area (Å²) in [4.78, 5) is 26.0. The van der Waals surface area contributed by atoms with Gasteiger partial charge in [-0.1, -0.05) is 19.1 Å². The maximum Gasteiger partial charge on any atom is 0.319 e. The maximum absolute atomic E-state index is 13.1. The van der Waals surface area contributed by atoms with Gasteiger partial charge in [0.15, 0.2) is 0 Å². The number of hydrogen-bond donors (Lipinski definition) is 2. The summed E-state index contributed by atoms with van der Waals surface area (Å²) in [6.45, 7) is 3.07. The number of carbonyl (C=O) groups is 2. The largest absolute Gasteiger partial charge is 0.333 e. The number of nitrogens with one attached hydrogen (secondary N) is 2. The molecule has 5 nitrogen and oxygen atoms in total. The Morgan fingerprint density at radius 3 is 2.67 bits per heavy atom. The molecule has 0 bridgehead atoms. The Bertz CT molecular complexity index is 624. The molecule has 3 rings (SSSR count). The van der Waals surface area contributed by atoms with E-state index < -0.39 is 6.04 Å². The zero-order valence-electron chi connectivity index (χ0n) is 11.6. The van der Waals surface area contributed by atoms with Crippen LogP contribution in [0.5, 0.6) is 0 Å². The minimum Gasteiger partial charge on any atom is -0.333 e. The molecule has 0 spiro atoms. The Hall–Kier alpha value is -2.37. The summed E-state index contributed by atoms with van der Waals surface area (Å²) in [5.74, 6) is -0.424. The van der Waals surface area contributed by atoms with Crippen LogP contribution in [0.4, 0.5) is 9.18 Å². The van der Waals surface area contributed by atoms with Crippen LogP contribution in [0.2, 0.25) is 0 Å². The van der Waals surface area contributed by atoms with E-state index in [1.54, 1.807) is 17.0 Å². The Morgan fingerprint density at radius 1 is 1.29 bits per heavy atom. The van der Waals surface area contributed by atoms with E-state index in [-0.39, 0.29) is 17.8 Å². The minimum absolute atomic E-state index is 0.0753. The van der Waals surface area contributed by atoms with E-state index in [0.717, 1.165) is 6.42 Å². The topological polar surface area (TPSA) is 61.4 Å². The molecular weight excluding hydrogens is 273 g/mol. The van der Waals surface area contributed by atoms with Crippen molar-refractivity contribution in [3.63, 3.8) is 0 Å². The molecular formula is C15H16FN3O2. The van der Waals surface area contributed by atoms with E-state index >= 15 is 0 Å². The second-order valence-corrected chi connectivity index (χ2v) is 5.20. The fourth-order valence-corrected chi connectivity index (χ4v) is 2.78. The number of hydrogen-bond acceptors (Lipinski definition) is 2. The number of amides is 3. The van der Waals surface area contributed by atoms with Gasteiger partial charge in [0.05, 0.1) is 23.9 Å². The van der Waals surface area contributed by atoms with Crippen LogP contribution < -0.4 is 10.6 Å². The molecule has 2 aliphatic heterocycles. The molecule has 21 heavy (non-hydrogen) atoms. The molecule has 0 fully saturated rings. The SMILES string of the molecule is CCCN1CC2=C(C1=O)[C@H](c1ccc(F)cc1)NC(=O)N2. The monoisotopic (exact) mass is 289 g/mol. The van der Waals surface area contributed by atoms with Crippen molar-refractivity contribution < 1.29 is 14.0 Å². The average Bonchev–Trinajstić information content (AvgIpc) is 2.76. The first kappa shape index (κ1) is 13.6. The molecule has 3 amide bonds. The summed E-state index contributed by atoms with van der Waals surface area (Å²) >= 11 is 0. The summed E-state index contributed by atoms with van der Waals surface area (Å²) in [5, 5.41) is 5.44. The number of halogens is 1. The molecule has 6 heteroatoms. The predicted molar refractivity (Wildman–Crippen MR) is 74.7 cm³/mol. The molecule has 0 saturated heterocycles. The van der Waals surface area contributed by atoms with Crippen LogP contribution in [-0.2, 0) is 4.79 Å². The van der Waals surface area contributed by atoms with Gasteiger partial charge in [-0.25, -0.2) is 9.18 Å². The predicted octanol–water partition coefficient (Wildman–Crippen LogP) is 1.69. The zero-order valence-corrected chi connectivity index (χ0v) is 11.6. The van der Waals surface area contributed by atoms with Crippen molar-refractivity contribution in [1.82, 2.24) is 15.5 Å². The Labute approximate surface area is 121 Å². The van der Waals surface area contributed by atoms with Gasteiger partial charge in [-0.3, -0.25) is 4.79 Å². The van der Waals surface area contributed by atoms with E-state index in [2.05, 4.69) is 10.6 Å². The smallest absolute Gasteiger partial charge is 0.319 e. The van der Waals surface area contributed by atoms with Gasteiger partial charge in [0.1, 0.15) is 5.82 Å². The lowest BCUT2D eigenvalue weighted by Crippen LogP contribution is -2.44. The molecule has 0 saturated carbocycles. The summed E-state index contributed by atoms with van der Waals surface area (Å²) in [5.41, 5.74) is 1.90. The van der Waals surface area contributed by atoms with Crippen molar-refractivity contribution in [2.24, 2.45) is 0 Å². The van der Waals surface area contributed by atoms with Crippen molar-refractivity contribution >= 4 is 11.9 Å². The highest BCUT2D eigenvalue weighted by molar-refractivity contribution is 6.01. The number of nitrogens with zero attached hydrogens (tertiary/aromatic N) is 1. The molecule has 2 N–H and O–H groups in total. The van der Waals surface area contributed by atoms with E-state index in [1.165, 1.54) is 12.1 Å². The number of benzene rings is 1. The van der Waals surface area contributed by atoms with Gasteiger partial charge in [0.2, 0.25) is 0 Å². The number of urea groups is 1. The van der Waals surface area contributed by atoms with Crippen molar-refractivity contribution in [3.8, 4) is 0 Å². The molecule has 1 atom stereocenters. The third kappa shape index (κ3) is 2.37. The molecule has 0 aliphatic carbocycles. The van der Waals surface area contributed by atoms with Gasteiger partial charge in [0.25, 0.3) is 5.91 Å². The first-order valence-electron chi connectivity index (χ1n) is 6.95. The molecule has 2 aliphatic rings. The minimum atomic E-state index is -0.524. The fraction of sp³-hybridized carbons (Fsp3) is 0.333. The highest BCUT2D eigenvalue weighted by atomic mass is 19.1. The van der Waals surface area contributed by atoms with E-state index in [9.17, 15) is 14.0 Å². The number of rotatable bonds is 3. The molecule has 1 aromatic rings. The van der Waals surface area contributed by atoms with Crippen molar-refractivity contribution in [3.05, 3.63) is 46.9 Å². The summed E-state index contributed by atoms with van der Waals surface area (Å²) in [6, 6.07) is 4.97. The second kappa shape index (κ2) is 5.20.